The van der Waals surface area contributed by atoms with Gasteiger partial charge < -0.3 is 9.80 Å². The molecule has 2 aromatic heterocycles. The van der Waals surface area contributed by atoms with Crippen LogP contribution in [0.2, 0.25) is 0 Å². The average molecular weight is 398 g/mol. The molecule has 2 atom stereocenters. The summed E-state index contributed by atoms with van der Waals surface area (Å²) in [4.78, 5) is 26.3. The monoisotopic (exact) mass is 397 g/mol. The lowest BCUT2D eigenvalue weighted by molar-refractivity contribution is -0.902. The maximum atomic E-state index is 12.8. The Balaban J connectivity index is 1.33. The van der Waals surface area contributed by atoms with Gasteiger partial charge in [0.05, 0.1) is 36.6 Å². The van der Waals surface area contributed by atoms with Crippen molar-refractivity contribution in [1.82, 2.24) is 9.88 Å². The molecule has 2 N–H and O–H groups in total. The summed E-state index contributed by atoms with van der Waals surface area (Å²) in [6.07, 6.45) is 1.94. The Morgan fingerprint density at radius 1 is 1.18 bits per heavy atom. The number of thiazole rings is 1. The Morgan fingerprint density at radius 2 is 1.93 bits per heavy atom. The van der Waals surface area contributed by atoms with Crippen LogP contribution < -0.4 is 14.8 Å². The fourth-order valence-electron chi connectivity index (χ4n) is 3.57. The van der Waals surface area contributed by atoms with E-state index < -0.39 is 0 Å². The van der Waals surface area contributed by atoms with E-state index in [2.05, 4.69) is 36.0 Å². The quantitative estimate of drug-likeness (QED) is 0.700. The number of para-hydroxylation sites is 1. The van der Waals surface area contributed by atoms with Crippen molar-refractivity contribution in [3.63, 3.8) is 0 Å². The van der Waals surface area contributed by atoms with E-state index in [1.165, 1.54) is 9.60 Å². The van der Waals surface area contributed by atoms with Crippen LogP contribution in [0.1, 0.15) is 18.0 Å². The molecule has 1 unspecified atom stereocenters. The first kappa shape index (κ1) is 18.8. The third kappa shape index (κ3) is 4.00. The number of aromatic nitrogens is 2. The Morgan fingerprint density at radius 3 is 2.64 bits per heavy atom. The van der Waals surface area contributed by atoms with E-state index in [-0.39, 0.29) is 11.9 Å². The molecule has 0 aliphatic carbocycles. The van der Waals surface area contributed by atoms with E-state index in [0.29, 0.717) is 6.54 Å². The molecule has 146 valence electrons. The van der Waals surface area contributed by atoms with E-state index in [9.17, 15) is 4.79 Å². The first-order valence-electron chi connectivity index (χ1n) is 9.79. The molecule has 0 bridgehead atoms. The van der Waals surface area contributed by atoms with Gasteiger partial charge in [-0.15, -0.1) is 11.3 Å². The number of aromatic amines is 1. The third-order valence-corrected chi connectivity index (χ3v) is 6.73. The summed E-state index contributed by atoms with van der Waals surface area (Å²) in [5, 5.41) is 1.09. The fraction of sp³-hybridized carbons (Fsp3) is 0.381. The average Bonchev–Trinajstić information content (AvgIpc) is 3.18. The number of nitrogens with zero attached hydrogens (tertiary/aromatic N) is 3. The van der Waals surface area contributed by atoms with E-state index in [0.717, 1.165) is 42.5 Å². The van der Waals surface area contributed by atoms with Crippen LogP contribution in [0.3, 0.4) is 0 Å². The van der Waals surface area contributed by atoms with Gasteiger partial charge in [-0.1, -0.05) is 18.2 Å². The van der Waals surface area contributed by atoms with Crippen molar-refractivity contribution in [3.8, 4) is 0 Å². The van der Waals surface area contributed by atoms with Crippen molar-refractivity contribution in [2.45, 2.75) is 13.0 Å². The SMILES string of the molecule is C[C@H](c1nc2ccccc2s1)[NH+](C)CC(=O)N1CCN(c2cccc[nH+]2)CC1. The molecular weight excluding hydrogens is 370 g/mol. The number of carbonyl (C=O) groups excluding carboxylic acids is 1. The molecule has 0 radical (unpaired) electrons. The minimum atomic E-state index is 0.196. The van der Waals surface area contributed by atoms with Gasteiger partial charge in [0.25, 0.3) is 11.7 Å². The number of hydrogen-bond donors (Lipinski definition) is 1. The zero-order valence-electron chi connectivity index (χ0n) is 16.4. The van der Waals surface area contributed by atoms with Crippen LogP contribution in [0.4, 0.5) is 5.82 Å². The van der Waals surface area contributed by atoms with Crippen molar-refractivity contribution in [2.75, 3.05) is 44.7 Å². The Bertz CT molecular complexity index is 903. The number of fused-ring (bicyclic) bond motifs is 1. The van der Waals surface area contributed by atoms with Crippen molar-refractivity contribution in [2.24, 2.45) is 0 Å². The normalized spacial score (nSPS) is 16.9. The van der Waals surface area contributed by atoms with Gasteiger partial charge in [-0.3, -0.25) is 9.69 Å². The van der Waals surface area contributed by atoms with Gasteiger partial charge in [0, 0.05) is 6.07 Å². The van der Waals surface area contributed by atoms with E-state index in [4.69, 9.17) is 4.98 Å². The first-order valence-corrected chi connectivity index (χ1v) is 10.6. The molecule has 28 heavy (non-hydrogen) atoms. The van der Waals surface area contributed by atoms with Gasteiger partial charge in [-0.05, 0) is 25.1 Å². The lowest BCUT2D eigenvalue weighted by Gasteiger charge is -2.31. The highest BCUT2D eigenvalue weighted by atomic mass is 32.1. The number of nitrogens with one attached hydrogen (secondary N) is 2. The number of amides is 1. The zero-order chi connectivity index (χ0) is 19.5. The van der Waals surface area contributed by atoms with Gasteiger partial charge >= 0.3 is 0 Å². The fourth-order valence-corrected chi connectivity index (χ4v) is 4.68. The summed E-state index contributed by atoms with van der Waals surface area (Å²) in [5.41, 5.74) is 1.04. The smallest absolute Gasteiger partial charge is 0.278 e. The molecule has 1 saturated heterocycles. The molecule has 1 amide bonds. The van der Waals surface area contributed by atoms with Gasteiger partial charge in [0.1, 0.15) is 19.1 Å². The van der Waals surface area contributed by atoms with Crippen LogP contribution in [-0.4, -0.2) is 55.6 Å². The Labute approximate surface area is 169 Å². The predicted molar refractivity (Wildman–Crippen MR) is 112 cm³/mol. The van der Waals surface area contributed by atoms with Gasteiger partial charge in [-0.2, -0.15) is 0 Å². The number of pyridine rings is 1. The molecule has 0 spiro atoms. The Hall–Kier alpha value is -2.51. The topological polar surface area (TPSA) is 55.0 Å². The second-order valence-corrected chi connectivity index (χ2v) is 8.44. The lowest BCUT2D eigenvalue weighted by atomic mass is 10.2. The molecular formula is C21H27N5OS+2. The van der Waals surface area contributed by atoms with Crippen LogP contribution in [0.5, 0.6) is 0 Å². The molecule has 1 aliphatic heterocycles. The first-order chi connectivity index (χ1) is 13.6. The number of rotatable bonds is 5. The standard InChI is InChI=1S/C21H25N5OS/c1-16(21-23-17-7-3-4-8-18(17)28-21)24(2)15-20(27)26-13-11-25(12-14-26)19-9-5-6-10-22-19/h3-10,16H,11-15H2,1-2H3/p+2/t16-/m1/s1. The molecule has 3 heterocycles. The minimum absolute atomic E-state index is 0.196. The van der Waals surface area contributed by atoms with Crippen molar-refractivity contribution < 1.29 is 14.7 Å². The second kappa shape index (κ2) is 8.24. The maximum absolute atomic E-state index is 12.8. The summed E-state index contributed by atoms with van der Waals surface area (Å²) in [5.74, 6) is 1.34. The molecule has 0 saturated carbocycles. The van der Waals surface area contributed by atoms with Gasteiger partial charge in [-0.25, -0.2) is 9.97 Å². The number of H-pyrrole nitrogens is 1. The largest absolute Gasteiger partial charge is 0.330 e. The molecule has 6 nitrogen and oxygen atoms in total. The highest BCUT2D eigenvalue weighted by Crippen LogP contribution is 2.24. The van der Waals surface area contributed by atoms with Crippen molar-refractivity contribution in [3.05, 3.63) is 53.7 Å². The molecule has 1 aliphatic rings. The summed E-state index contributed by atoms with van der Waals surface area (Å²) >= 11 is 1.73. The van der Waals surface area contributed by atoms with Crippen molar-refractivity contribution >= 4 is 33.3 Å². The molecule has 1 aromatic carbocycles. The van der Waals surface area contributed by atoms with Gasteiger partial charge in [0.15, 0.2) is 11.6 Å². The van der Waals surface area contributed by atoms with E-state index in [1.54, 1.807) is 11.3 Å². The van der Waals surface area contributed by atoms with Crippen LogP contribution in [0.25, 0.3) is 10.2 Å². The minimum Gasteiger partial charge on any atom is -0.330 e. The summed E-state index contributed by atoms with van der Waals surface area (Å²) < 4.78 is 1.21. The number of piperazine rings is 1. The number of hydrogen-bond acceptors (Lipinski definition) is 4. The highest BCUT2D eigenvalue weighted by Gasteiger charge is 2.29. The molecule has 3 aromatic rings. The van der Waals surface area contributed by atoms with E-state index in [1.807, 2.05) is 41.4 Å². The van der Waals surface area contributed by atoms with Crippen LogP contribution >= 0.6 is 11.3 Å². The van der Waals surface area contributed by atoms with Gasteiger partial charge in [0.2, 0.25) is 0 Å². The number of anilines is 1. The zero-order valence-corrected chi connectivity index (χ0v) is 17.2. The van der Waals surface area contributed by atoms with Crippen molar-refractivity contribution in [1.29, 1.82) is 0 Å². The maximum Gasteiger partial charge on any atom is 0.278 e. The third-order valence-electron chi connectivity index (χ3n) is 5.52. The van der Waals surface area contributed by atoms with Crippen LogP contribution in [-0.2, 0) is 4.79 Å². The molecule has 4 rings (SSSR count). The molecule has 1 fully saturated rings. The number of likely N-dealkylation sites (N-methyl/N-ethyl adjacent to an activating group) is 1. The summed E-state index contributed by atoms with van der Waals surface area (Å²) in [6.45, 7) is 5.91. The Kier molecular flexibility index (Phi) is 5.54. The predicted octanol–water partition coefficient (Wildman–Crippen LogP) is 1.03. The van der Waals surface area contributed by atoms with Crippen LogP contribution in [0.15, 0.2) is 48.7 Å². The summed E-state index contributed by atoms with van der Waals surface area (Å²) in [7, 11) is 2.09. The van der Waals surface area contributed by atoms with E-state index >= 15 is 0 Å². The second-order valence-electron chi connectivity index (χ2n) is 7.38. The van der Waals surface area contributed by atoms with Crippen LogP contribution in [0, 0.1) is 0 Å². The summed E-state index contributed by atoms with van der Waals surface area (Å²) in [6, 6.07) is 14.5. The number of carbonyl (C=O) groups is 1. The number of quaternary nitrogens is 1. The number of benzene rings is 1. The lowest BCUT2D eigenvalue weighted by Crippen LogP contribution is -3.10. The highest BCUT2D eigenvalue weighted by molar-refractivity contribution is 7.18. The molecule has 7 heteroatoms.